The zero-order valence-electron chi connectivity index (χ0n) is 13.6. The second-order valence-electron chi connectivity index (χ2n) is 7.04. The van der Waals surface area contributed by atoms with Crippen LogP contribution in [0.25, 0.3) is 0 Å². The largest absolute Gasteiger partial charge is 0.445 e. The number of hydrogen-bond donors (Lipinski definition) is 1. The zero-order chi connectivity index (χ0) is 16.6. The van der Waals surface area contributed by atoms with Gasteiger partial charge in [-0.25, -0.2) is 4.79 Å². The summed E-state index contributed by atoms with van der Waals surface area (Å²) in [6, 6.07) is 9.38. The number of piperidine rings is 1. The standard InChI is InChI=1S/C18H23NO5/c20-17(24-8-13-4-2-1-3-5-13)19-15-6-18(21,14-9-22-10-14)7-16(19)12-23-11-15/h1-5,14-16,21H,6-12H2. The number of nitrogens with zero attached hydrogens (tertiary/aromatic N) is 1. The minimum Gasteiger partial charge on any atom is -0.445 e. The second kappa shape index (κ2) is 6.35. The predicted octanol–water partition coefficient (Wildman–Crippen LogP) is 1.56. The van der Waals surface area contributed by atoms with Gasteiger partial charge in [-0.1, -0.05) is 30.3 Å². The average Bonchev–Trinajstić information content (AvgIpc) is 2.51. The number of ether oxygens (including phenoxy) is 3. The molecule has 2 unspecified atom stereocenters. The fourth-order valence-electron chi connectivity index (χ4n) is 3.98. The van der Waals surface area contributed by atoms with Gasteiger partial charge in [0.2, 0.25) is 0 Å². The summed E-state index contributed by atoms with van der Waals surface area (Å²) < 4.78 is 16.4. The third-order valence-corrected chi connectivity index (χ3v) is 5.40. The quantitative estimate of drug-likeness (QED) is 0.909. The number of amides is 1. The van der Waals surface area contributed by atoms with E-state index in [2.05, 4.69) is 0 Å². The Morgan fingerprint density at radius 2 is 1.75 bits per heavy atom. The summed E-state index contributed by atoms with van der Waals surface area (Å²) in [5.74, 6) is 0.170. The van der Waals surface area contributed by atoms with Gasteiger partial charge in [0, 0.05) is 5.92 Å². The summed E-state index contributed by atoms with van der Waals surface area (Å²) in [4.78, 5) is 14.4. The van der Waals surface area contributed by atoms with E-state index in [4.69, 9.17) is 14.2 Å². The molecule has 24 heavy (non-hydrogen) atoms. The molecule has 3 aliphatic heterocycles. The molecular formula is C18H23NO5. The molecule has 0 spiro atoms. The highest BCUT2D eigenvalue weighted by Gasteiger charge is 2.53. The highest BCUT2D eigenvalue weighted by atomic mass is 16.6. The second-order valence-corrected chi connectivity index (χ2v) is 7.04. The molecule has 3 fully saturated rings. The van der Waals surface area contributed by atoms with Crippen LogP contribution >= 0.6 is 0 Å². The molecule has 0 saturated carbocycles. The van der Waals surface area contributed by atoms with Gasteiger partial charge in [0.25, 0.3) is 0 Å². The molecule has 1 aromatic carbocycles. The van der Waals surface area contributed by atoms with E-state index in [-0.39, 0.29) is 30.7 Å². The van der Waals surface area contributed by atoms with Crippen LogP contribution in [0.1, 0.15) is 18.4 Å². The minimum atomic E-state index is -0.756. The first-order chi connectivity index (χ1) is 11.7. The third-order valence-electron chi connectivity index (χ3n) is 5.40. The summed E-state index contributed by atoms with van der Waals surface area (Å²) in [5.41, 5.74) is 0.209. The third kappa shape index (κ3) is 2.90. The van der Waals surface area contributed by atoms with E-state index in [1.807, 2.05) is 30.3 Å². The summed E-state index contributed by atoms with van der Waals surface area (Å²) in [7, 11) is 0. The zero-order valence-corrected chi connectivity index (χ0v) is 13.6. The Hall–Kier alpha value is -1.63. The molecule has 4 rings (SSSR count). The molecule has 1 N–H and O–H groups in total. The topological polar surface area (TPSA) is 68.2 Å². The maximum Gasteiger partial charge on any atom is 0.410 e. The van der Waals surface area contributed by atoms with E-state index in [0.717, 1.165) is 5.56 Å². The molecule has 3 saturated heterocycles. The van der Waals surface area contributed by atoms with Gasteiger partial charge in [0.05, 0.1) is 44.1 Å². The Labute approximate surface area is 141 Å². The van der Waals surface area contributed by atoms with Gasteiger partial charge in [-0.05, 0) is 18.4 Å². The van der Waals surface area contributed by atoms with E-state index >= 15 is 0 Å². The molecule has 2 bridgehead atoms. The number of carbonyl (C=O) groups is 1. The molecule has 3 aliphatic rings. The molecule has 0 radical (unpaired) electrons. The molecule has 1 aromatic rings. The molecule has 130 valence electrons. The lowest BCUT2D eigenvalue weighted by atomic mass is 9.72. The number of carbonyl (C=O) groups excluding carboxylic acids is 1. The first-order valence-corrected chi connectivity index (χ1v) is 8.52. The van der Waals surface area contributed by atoms with Crippen LogP contribution < -0.4 is 0 Å². The van der Waals surface area contributed by atoms with Crippen molar-refractivity contribution in [2.75, 3.05) is 26.4 Å². The van der Waals surface area contributed by atoms with Gasteiger partial charge in [-0.15, -0.1) is 0 Å². The van der Waals surface area contributed by atoms with Crippen LogP contribution in [0, 0.1) is 5.92 Å². The van der Waals surface area contributed by atoms with Crippen LogP contribution in [0.3, 0.4) is 0 Å². The van der Waals surface area contributed by atoms with Crippen LogP contribution in [-0.2, 0) is 20.8 Å². The number of morpholine rings is 1. The van der Waals surface area contributed by atoms with Crippen molar-refractivity contribution in [2.45, 2.75) is 37.1 Å². The van der Waals surface area contributed by atoms with Crippen molar-refractivity contribution < 1.29 is 24.1 Å². The SMILES string of the molecule is O=C(OCc1ccccc1)N1C2COCC1CC(O)(C1COC1)C2. The van der Waals surface area contributed by atoms with E-state index in [1.54, 1.807) is 4.90 Å². The highest BCUT2D eigenvalue weighted by Crippen LogP contribution is 2.41. The number of hydrogen-bond acceptors (Lipinski definition) is 5. The predicted molar refractivity (Wildman–Crippen MR) is 85.4 cm³/mol. The van der Waals surface area contributed by atoms with E-state index in [9.17, 15) is 9.90 Å². The molecule has 6 nitrogen and oxygen atoms in total. The first-order valence-electron chi connectivity index (χ1n) is 8.52. The van der Waals surface area contributed by atoms with Crippen LogP contribution in [0.4, 0.5) is 4.79 Å². The summed E-state index contributed by atoms with van der Waals surface area (Å²) >= 11 is 0. The average molecular weight is 333 g/mol. The number of fused-ring (bicyclic) bond motifs is 2. The Kier molecular flexibility index (Phi) is 4.20. The number of aliphatic hydroxyl groups is 1. The van der Waals surface area contributed by atoms with Crippen molar-refractivity contribution in [2.24, 2.45) is 5.92 Å². The molecule has 0 aliphatic carbocycles. The smallest absolute Gasteiger partial charge is 0.410 e. The lowest BCUT2D eigenvalue weighted by molar-refractivity contribution is -0.201. The Morgan fingerprint density at radius 3 is 2.33 bits per heavy atom. The number of benzene rings is 1. The van der Waals surface area contributed by atoms with Crippen LogP contribution in [0.5, 0.6) is 0 Å². The monoisotopic (exact) mass is 333 g/mol. The van der Waals surface area contributed by atoms with E-state index in [1.165, 1.54) is 0 Å². The maximum atomic E-state index is 12.6. The number of rotatable bonds is 3. The molecular weight excluding hydrogens is 310 g/mol. The fourth-order valence-corrected chi connectivity index (χ4v) is 3.98. The van der Waals surface area contributed by atoms with Gasteiger partial charge >= 0.3 is 6.09 Å². The molecule has 2 atom stereocenters. The normalized spacial score (nSPS) is 33.0. The van der Waals surface area contributed by atoms with E-state index in [0.29, 0.717) is 39.3 Å². The molecule has 0 aromatic heterocycles. The highest BCUT2D eigenvalue weighted by molar-refractivity contribution is 5.69. The van der Waals surface area contributed by atoms with Gasteiger partial charge in [-0.2, -0.15) is 0 Å². The van der Waals surface area contributed by atoms with Crippen LogP contribution in [-0.4, -0.2) is 60.2 Å². The Morgan fingerprint density at radius 1 is 1.12 bits per heavy atom. The van der Waals surface area contributed by atoms with E-state index < -0.39 is 5.60 Å². The lowest BCUT2D eigenvalue weighted by Gasteiger charge is -2.54. The van der Waals surface area contributed by atoms with Gasteiger partial charge in [0.15, 0.2) is 0 Å². The summed E-state index contributed by atoms with van der Waals surface area (Å²) in [6.45, 7) is 2.38. The summed E-state index contributed by atoms with van der Waals surface area (Å²) in [6.07, 6.45) is 0.736. The Balaban J connectivity index is 1.42. The van der Waals surface area contributed by atoms with Crippen molar-refractivity contribution in [3.05, 3.63) is 35.9 Å². The van der Waals surface area contributed by atoms with Crippen molar-refractivity contribution in [3.8, 4) is 0 Å². The maximum absolute atomic E-state index is 12.6. The fraction of sp³-hybridized carbons (Fsp3) is 0.611. The van der Waals surface area contributed by atoms with Crippen molar-refractivity contribution in [1.29, 1.82) is 0 Å². The van der Waals surface area contributed by atoms with Gasteiger partial charge in [0.1, 0.15) is 6.61 Å². The first kappa shape index (κ1) is 15.9. The molecule has 3 heterocycles. The summed E-state index contributed by atoms with van der Waals surface area (Å²) in [5, 5.41) is 11.0. The van der Waals surface area contributed by atoms with Crippen molar-refractivity contribution in [3.63, 3.8) is 0 Å². The van der Waals surface area contributed by atoms with Crippen LogP contribution in [0.15, 0.2) is 30.3 Å². The van der Waals surface area contributed by atoms with Crippen molar-refractivity contribution in [1.82, 2.24) is 4.90 Å². The van der Waals surface area contributed by atoms with Crippen molar-refractivity contribution >= 4 is 6.09 Å². The van der Waals surface area contributed by atoms with Gasteiger partial charge in [-0.3, -0.25) is 4.90 Å². The van der Waals surface area contributed by atoms with Crippen LogP contribution in [0.2, 0.25) is 0 Å². The lowest BCUT2D eigenvalue weighted by Crippen LogP contribution is -2.66. The Bertz CT molecular complexity index is 574. The van der Waals surface area contributed by atoms with Gasteiger partial charge < -0.3 is 19.3 Å². The molecule has 6 heteroatoms. The minimum absolute atomic E-state index is 0.133. The molecule has 1 amide bonds.